The zero-order chi connectivity index (χ0) is 10.8. The van der Waals surface area contributed by atoms with Crippen molar-refractivity contribution in [2.75, 3.05) is 5.84 Å². The average Bonchev–Trinajstić information content (AvgIpc) is 2.74. The standard InChI is InChI=1S/C8H11N5S2/c1-5-11-12-8(13(5)9)15-4-7-3-14-6(2)10-7/h3H,4,9H2,1-2H3. The smallest absolute Gasteiger partial charge is 0.210 e. The van der Waals surface area contributed by atoms with Crippen molar-refractivity contribution in [2.45, 2.75) is 24.8 Å². The highest BCUT2D eigenvalue weighted by atomic mass is 32.2. The molecule has 0 fully saturated rings. The predicted octanol–water partition coefficient (Wildman–Crippen LogP) is 1.36. The number of thioether (sulfide) groups is 1. The molecule has 0 aliphatic rings. The molecule has 2 N–H and O–H groups in total. The average molecular weight is 241 g/mol. The molecule has 7 heteroatoms. The minimum Gasteiger partial charge on any atom is -0.336 e. The maximum Gasteiger partial charge on any atom is 0.210 e. The number of hydrogen-bond donors (Lipinski definition) is 1. The summed E-state index contributed by atoms with van der Waals surface area (Å²) in [5.41, 5.74) is 1.06. The van der Waals surface area contributed by atoms with Crippen LogP contribution in [0.2, 0.25) is 0 Å². The van der Waals surface area contributed by atoms with Crippen molar-refractivity contribution in [1.82, 2.24) is 19.9 Å². The first-order valence-electron chi connectivity index (χ1n) is 4.37. The molecule has 0 aromatic carbocycles. The van der Waals surface area contributed by atoms with E-state index in [-0.39, 0.29) is 0 Å². The minimum atomic E-state index is 0.715. The van der Waals surface area contributed by atoms with E-state index in [9.17, 15) is 0 Å². The van der Waals surface area contributed by atoms with Crippen molar-refractivity contribution in [2.24, 2.45) is 0 Å². The van der Waals surface area contributed by atoms with Crippen LogP contribution < -0.4 is 5.84 Å². The predicted molar refractivity (Wildman–Crippen MR) is 61.3 cm³/mol. The van der Waals surface area contributed by atoms with E-state index in [0.717, 1.165) is 21.6 Å². The molecule has 0 amide bonds. The third-order valence-corrected chi connectivity index (χ3v) is 3.65. The second-order valence-corrected chi connectivity index (χ2v) is 5.05. The van der Waals surface area contributed by atoms with Gasteiger partial charge in [0.25, 0.3) is 0 Å². The van der Waals surface area contributed by atoms with Gasteiger partial charge in [0.2, 0.25) is 5.16 Å². The number of nitrogens with two attached hydrogens (primary N) is 1. The molecule has 0 spiro atoms. The lowest BCUT2D eigenvalue weighted by molar-refractivity contribution is 0.825. The third kappa shape index (κ3) is 2.29. The van der Waals surface area contributed by atoms with Gasteiger partial charge in [-0.15, -0.1) is 21.5 Å². The number of nitrogen functional groups attached to an aromatic ring is 1. The summed E-state index contributed by atoms with van der Waals surface area (Å²) in [7, 11) is 0. The van der Waals surface area contributed by atoms with Crippen molar-refractivity contribution in [3.05, 3.63) is 21.9 Å². The van der Waals surface area contributed by atoms with Gasteiger partial charge in [-0.05, 0) is 13.8 Å². The van der Waals surface area contributed by atoms with Gasteiger partial charge in [-0.3, -0.25) is 0 Å². The van der Waals surface area contributed by atoms with Crippen LogP contribution in [0.4, 0.5) is 0 Å². The highest BCUT2D eigenvalue weighted by molar-refractivity contribution is 7.98. The van der Waals surface area contributed by atoms with Gasteiger partial charge in [0.05, 0.1) is 10.7 Å². The van der Waals surface area contributed by atoms with Gasteiger partial charge >= 0.3 is 0 Å². The Morgan fingerprint density at radius 3 is 2.80 bits per heavy atom. The van der Waals surface area contributed by atoms with E-state index in [1.807, 2.05) is 19.2 Å². The summed E-state index contributed by atoms with van der Waals surface area (Å²) in [6.07, 6.45) is 0. The molecule has 0 unspecified atom stereocenters. The fourth-order valence-electron chi connectivity index (χ4n) is 1.06. The first-order valence-corrected chi connectivity index (χ1v) is 6.24. The molecule has 0 bridgehead atoms. The Labute approximate surface area is 95.7 Å². The lowest BCUT2D eigenvalue weighted by atomic mass is 10.6. The lowest BCUT2D eigenvalue weighted by Gasteiger charge is -1.98. The molecule has 0 radical (unpaired) electrons. The second kappa shape index (κ2) is 4.19. The van der Waals surface area contributed by atoms with Crippen LogP contribution in [0.1, 0.15) is 16.5 Å². The summed E-state index contributed by atoms with van der Waals surface area (Å²) >= 11 is 3.19. The molecule has 0 saturated heterocycles. The Kier molecular flexibility index (Phi) is 2.92. The summed E-state index contributed by atoms with van der Waals surface area (Å²) < 4.78 is 1.49. The maximum absolute atomic E-state index is 5.72. The Balaban J connectivity index is 2.02. The molecule has 0 saturated carbocycles. The fourth-order valence-corrected chi connectivity index (χ4v) is 2.57. The van der Waals surface area contributed by atoms with E-state index in [1.54, 1.807) is 23.1 Å². The van der Waals surface area contributed by atoms with Crippen LogP contribution in [-0.2, 0) is 5.75 Å². The molecular formula is C8H11N5S2. The number of nitrogens with zero attached hydrogens (tertiary/aromatic N) is 4. The zero-order valence-electron chi connectivity index (χ0n) is 8.47. The van der Waals surface area contributed by atoms with Gasteiger partial charge in [-0.25, -0.2) is 9.66 Å². The molecule has 2 rings (SSSR count). The number of hydrogen-bond acceptors (Lipinski definition) is 6. The van der Waals surface area contributed by atoms with Gasteiger partial charge in [0.1, 0.15) is 5.82 Å². The van der Waals surface area contributed by atoms with Crippen molar-refractivity contribution >= 4 is 23.1 Å². The topological polar surface area (TPSA) is 69.6 Å². The van der Waals surface area contributed by atoms with Crippen LogP contribution in [0, 0.1) is 13.8 Å². The first kappa shape index (κ1) is 10.4. The summed E-state index contributed by atoms with van der Waals surface area (Å²) in [6.45, 7) is 3.82. The molecule has 0 atom stereocenters. The van der Waals surface area contributed by atoms with Crippen LogP contribution in [-0.4, -0.2) is 19.9 Å². The van der Waals surface area contributed by atoms with E-state index in [1.165, 1.54) is 4.68 Å². The van der Waals surface area contributed by atoms with Crippen LogP contribution in [0.3, 0.4) is 0 Å². The van der Waals surface area contributed by atoms with Crippen molar-refractivity contribution in [3.63, 3.8) is 0 Å². The van der Waals surface area contributed by atoms with Crippen molar-refractivity contribution in [3.8, 4) is 0 Å². The number of thiazole rings is 1. The third-order valence-electron chi connectivity index (χ3n) is 1.85. The first-order chi connectivity index (χ1) is 7.16. The monoisotopic (exact) mass is 241 g/mol. The summed E-state index contributed by atoms with van der Waals surface area (Å²) in [5.74, 6) is 7.22. The molecule has 80 valence electrons. The van der Waals surface area contributed by atoms with Gasteiger partial charge in [-0.2, -0.15) is 0 Å². The fraction of sp³-hybridized carbons (Fsp3) is 0.375. The van der Waals surface area contributed by atoms with Crippen molar-refractivity contribution in [1.29, 1.82) is 0 Å². The number of aromatic nitrogens is 4. The molecule has 2 heterocycles. The Morgan fingerprint density at radius 2 is 2.27 bits per heavy atom. The van der Waals surface area contributed by atoms with Crippen LogP contribution in [0.15, 0.2) is 10.5 Å². The SMILES string of the molecule is Cc1nc(CSc2nnc(C)n2N)cs1. The molecule has 0 aliphatic carbocycles. The normalized spacial score (nSPS) is 10.8. The molecule has 15 heavy (non-hydrogen) atoms. The van der Waals surface area contributed by atoms with Crippen LogP contribution in [0.5, 0.6) is 0 Å². The molecular weight excluding hydrogens is 230 g/mol. The summed E-state index contributed by atoms with van der Waals surface area (Å²) in [5, 5.41) is 11.7. The summed E-state index contributed by atoms with van der Waals surface area (Å²) in [6, 6.07) is 0. The van der Waals surface area contributed by atoms with E-state index in [2.05, 4.69) is 15.2 Å². The van der Waals surface area contributed by atoms with E-state index >= 15 is 0 Å². The Bertz CT molecular complexity index is 461. The largest absolute Gasteiger partial charge is 0.336 e. The van der Waals surface area contributed by atoms with Gasteiger partial charge in [0, 0.05) is 11.1 Å². The highest BCUT2D eigenvalue weighted by Gasteiger charge is 2.07. The number of rotatable bonds is 3. The quantitative estimate of drug-likeness (QED) is 0.649. The van der Waals surface area contributed by atoms with Crippen LogP contribution >= 0.6 is 23.1 Å². The van der Waals surface area contributed by atoms with Crippen molar-refractivity contribution < 1.29 is 0 Å². The van der Waals surface area contributed by atoms with E-state index < -0.39 is 0 Å². The van der Waals surface area contributed by atoms with Gasteiger partial charge in [-0.1, -0.05) is 11.8 Å². The van der Waals surface area contributed by atoms with Crippen LogP contribution in [0.25, 0.3) is 0 Å². The molecule has 0 aliphatic heterocycles. The zero-order valence-corrected chi connectivity index (χ0v) is 10.1. The molecule has 5 nitrogen and oxygen atoms in total. The Hall–Kier alpha value is -1.08. The van der Waals surface area contributed by atoms with E-state index in [4.69, 9.17) is 5.84 Å². The van der Waals surface area contributed by atoms with Gasteiger partial charge < -0.3 is 5.84 Å². The molecule has 2 aromatic rings. The second-order valence-electron chi connectivity index (χ2n) is 3.05. The molecule has 2 aromatic heterocycles. The minimum absolute atomic E-state index is 0.715. The lowest BCUT2D eigenvalue weighted by Crippen LogP contribution is -2.11. The van der Waals surface area contributed by atoms with E-state index in [0.29, 0.717) is 5.82 Å². The summed E-state index contributed by atoms with van der Waals surface area (Å²) in [4.78, 5) is 4.36. The highest BCUT2D eigenvalue weighted by Crippen LogP contribution is 2.21. The maximum atomic E-state index is 5.72. The Morgan fingerprint density at radius 1 is 1.47 bits per heavy atom. The van der Waals surface area contributed by atoms with Gasteiger partial charge in [0.15, 0.2) is 0 Å². The number of aryl methyl sites for hydroxylation is 2.